The highest BCUT2D eigenvalue weighted by Crippen LogP contribution is 2.49. The van der Waals surface area contributed by atoms with Crippen molar-refractivity contribution in [1.82, 2.24) is 15.1 Å². The Morgan fingerprint density at radius 1 is 1.33 bits per heavy atom. The summed E-state index contributed by atoms with van der Waals surface area (Å²) in [4.78, 5) is 15.7. The minimum atomic E-state index is 0.235. The maximum absolute atomic E-state index is 11.8. The van der Waals surface area contributed by atoms with Gasteiger partial charge in [-0.1, -0.05) is 0 Å². The van der Waals surface area contributed by atoms with Crippen LogP contribution in [0.2, 0.25) is 0 Å². The van der Waals surface area contributed by atoms with Crippen LogP contribution in [0.25, 0.3) is 0 Å². The van der Waals surface area contributed by atoms with Gasteiger partial charge in [-0.3, -0.25) is 0 Å². The molecule has 15 heavy (non-hydrogen) atoms. The van der Waals surface area contributed by atoms with Crippen LogP contribution in [0.5, 0.6) is 0 Å². The third kappa shape index (κ3) is 1.51. The van der Waals surface area contributed by atoms with E-state index in [2.05, 4.69) is 5.32 Å². The SMILES string of the molecule is CN1CCCN(CC2C3CNCC32)C1=O. The first-order chi connectivity index (χ1) is 7.27. The lowest BCUT2D eigenvalue weighted by atomic mass is 10.2. The minimum Gasteiger partial charge on any atom is -0.328 e. The van der Waals surface area contributed by atoms with Gasteiger partial charge in [0.05, 0.1) is 0 Å². The first-order valence-electron chi connectivity index (χ1n) is 5.98. The highest BCUT2D eigenvalue weighted by molar-refractivity contribution is 5.74. The zero-order valence-corrected chi connectivity index (χ0v) is 9.28. The molecule has 1 N–H and O–H groups in total. The molecule has 2 atom stereocenters. The Balaban J connectivity index is 1.57. The summed E-state index contributed by atoms with van der Waals surface area (Å²) in [7, 11) is 1.91. The van der Waals surface area contributed by atoms with Crippen molar-refractivity contribution in [3.05, 3.63) is 0 Å². The fourth-order valence-electron chi connectivity index (χ4n) is 3.17. The number of hydrogen-bond donors (Lipinski definition) is 1. The quantitative estimate of drug-likeness (QED) is 0.705. The van der Waals surface area contributed by atoms with E-state index in [-0.39, 0.29) is 6.03 Å². The average molecular weight is 209 g/mol. The molecule has 2 amide bonds. The number of carbonyl (C=O) groups is 1. The molecule has 0 aromatic carbocycles. The standard InChI is InChI=1S/C11H19N3O/c1-13-3-2-4-14(11(13)15)7-10-8-5-12-6-9(8)10/h8-10,12H,2-7H2,1H3. The molecular formula is C11H19N3O. The third-order valence-corrected chi connectivity index (χ3v) is 4.22. The van der Waals surface area contributed by atoms with Crippen LogP contribution < -0.4 is 5.32 Å². The second-order valence-corrected chi connectivity index (χ2v) is 5.15. The molecule has 0 bridgehead atoms. The first kappa shape index (κ1) is 9.46. The van der Waals surface area contributed by atoms with Gasteiger partial charge >= 0.3 is 6.03 Å². The van der Waals surface area contributed by atoms with Gasteiger partial charge in [-0.05, 0) is 37.3 Å². The van der Waals surface area contributed by atoms with Gasteiger partial charge in [0.2, 0.25) is 0 Å². The van der Waals surface area contributed by atoms with Crippen molar-refractivity contribution >= 4 is 6.03 Å². The summed E-state index contributed by atoms with van der Waals surface area (Å²) in [6.07, 6.45) is 1.13. The van der Waals surface area contributed by atoms with E-state index in [0.29, 0.717) is 0 Å². The Morgan fingerprint density at radius 2 is 2.07 bits per heavy atom. The van der Waals surface area contributed by atoms with E-state index in [0.717, 1.165) is 43.8 Å². The molecule has 2 saturated heterocycles. The molecule has 0 aromatic rings. The van der Waals surface area contributed by atoms with Crippen molar-refractivity contribution in [3.63, 3.8) is 0 Å². The lowest BCUT2D eigenvalue weighted by Gasteiger charge is -2.33. The van der Waals surface area contributed by atoms with Crippen LogP contribution in [-0.4, -0.2) is 55.6 Å². The number of hydrogen-bond acceptors (Lipinski definition) is 2. The monoisotopic (exact) mass is 209 g/mol. The molecule has 84 valence electrons. The van der Waals surface area contributed by atoms with E-state index in [1.165, 1.54) is 13.1 Å². The highest BCUT2D eigenvalue weighted by atomic mass is 16.2. The minimum absolute atomic E-state index is 0.235. The van der Waals surface area contributed by atoms with E-state index in [9.17, 15) is 4.79 Å². The summed E-state index contributed by atoms with van der Waals surface area (Å²) >= 11 is 0. The van der Waals surface area contributed by atoms with Crippen molar-refractivity contribution in [2.75, 3.05) is 39.8 Å². The smallest absolute Gasteiger partial charge is 0.319 e. The summed E-state index contributed by atoms with van der Waals surface area (Å²) in [5, 5.41) is 3.40. The van der Waals surface area contributed by atoms with E-state index in [1.807, 2.05) is 16.8 Å². The molecule has 4 heteroatoms. The summed E-state index contributed by atoms with van der Waals surface area (Å²) in [5.41, 5.74) is 0. The van der Waals surface area contributed by atoms with Crippen molar-refractivity contribution < 1.29 is 4.79 Å². The Bertz CT molecular complexity index is 271. The second kappa shape index (κ2) is 3.37. The van der Waals surface area contributed by atoms with E-state index < -0.39 is 0 Å². The molecule has 2 heterocycles. The van der Waals surface area contributed by atoms with Crippen LogP contribution in [-0.2, 0) is 0 Å². The number of urea groups is 1. The van der Waals surface area contributed by atoms with Gasteiger partial charge in [0.1, 0.15) is 0 Å². The van der Waals surface area contributed by atoms with Crippen LogP contribution in [0.15, 0.2) is 0 Å². The number of nitrogens with zero attached hydrogens (tertiary/aromatic N) is 2. The largest absolute Gasteiger partial charge is 0.328 e. The zero-order chi connectivity index (χ0) is 10.4. The molecule has 0 radical (unpaired) electrons. The van der Waals surface area contributed by atoms with Crippen LogP contribution in [0.4, 0.5) is 4.79 Å². The fraction of sp³-hybridized carbons (Fsp3) is 0.909. The molecule has 3 fully saturated rings. The Morgan fingerprint density at radius 3 is 2.80 bits per heavy atom. The van der Waals surface area contributed by atoms with Crippen LogP contribution in [0.3, 0.4) is 0 Å². The molecule has 1 saturated carbocycles. The lowest BCUT2D eigenvalue weighted by molar-refractivity contribution is 0.137. The van der Waals surface area contributed by atoms with Gasteiger partial charge in [-0.15, -0.1) is 0 Å². The van der Waals surface area contributed by atoms with Gasteiger partial charge < -0.3 is 15.1 Å². The predicted molar refractivity (Wildman–Crippen MR) is 57.6 cm³/mol. The van der Waals surface area contributed by atoms with Gasteiger partial charge in [0.25, 0.3) is 0 Å². The van der Waals surface area contributed by atoms with Gasteiger partial charge in [0, 0.05) is 26.7 Å². The maximum Gasteiger partial charge on any atom is 0.319 e. The van der Waals surface area contributed by atoms with E-state index in [4.69, 9.17) is 0 Å². The average Bonchev–Trinajstić information content (AvgIpc) is 2.69. The van der Waals surface area contributed by atoms with Crippen molar-refractivity contribution in [2.24, 2.45) is 17.8 Å². The first-order valence-corrected chi connectivity index (χ1v) is 5.98. The fourth-order valence-corrected chi connectivity index (χ4v) is 3.17. The van der Waals surface area contributed by atoms with Crippen molar-refractivity contribution in [1.29, 1.82) is 0 Å². The number of amides is 2. The number of carbonyl (C=O) groups excluding carboxylic acids is 1. The van der Waals surface area contributed by atoms with Crippen molar-refractivity contribution in [3.8, 4) is 0 Å². The molecule has 0 aromatic heterocycles. The zero-order valence-electron chi connectivity index (χ0n) is 9.28. The van der Waals surface area contributed by atoms with E-state index in [1.54, 1.807) is 0 Å². The maximum atomic E-state index is 11.8. The lowest BCUT2D eigenvalue weighted by Crippen LogP contribution is -2.48. The van der Waals surface area contributed by atoms with Crippen LogP contribution in [0.1, 0.15) is 6.42 Å². The normalized spacial score (nSPS) is 39.5. The number of nitrogens with one attached hydrogen (secondary N) is 1. The molecule has 2 unspecified atom stereocenters. The molecular weight excluding hydrogens is 190 g/mol. The summed E-state index contributed by atoms with van der Waals surface area (Å²) in [6.45, 7) is 5.24. The molecule has 2 aliphatic heterocycles. The van der Waals surface area contributed by atoms with Gasteiger partial charge in [-0.2, -0.15) is 0 Å². The number of rotatable bonds is 2. The number of fused-ring (bicyclic) bond motifs is 1. The molecule has 0 spiro atoms. The summed E-state index contributed by atoms with van der Waals surface area (Å²) < 4.78 is 0. The Hall–Kier alpha value is -0.770. The van der Waals surface area contributed by atoms with Crippen LogP contribution in [0, 0.1) is 17.8 Å². The van der Waals surface area contributed by atoms with Crippen molar-refractivity contribution in [2.45, 2.75) is 6.42 Å². The van der Waals surface area contributed by atoms with Gasteiger partial charge in [0.15, 0.2) is 0 Å². The highest BCUT2D eigenvalue weighted by Gasteiger charge is 2.53. The molecule has 4 nitrogen and oxygen atoms in total. The molecule has 3 aliphatic rings. The summed E-state index contributed by atoms with van der Waals surface area (Å²) in [5.74, 6) is 2.52. The molecule has 1 aliphatic carbocycles. The van der Waals surface area contributed by atoms with Gasteiger partial charge in [-0.25, -0.2) is 4.79 Å². The molecule has 3 rings (SSSR count). The number of piperidine rings is 1. The third-order valence-electron chi connectivity index (χ3n) is 4.22. The Labute approximate surface area is 90.6 Å². The predicted octanol–water partition coefficient (Wildman–Crippen LogP) is 0.209. The summed E-state index contributed by atoms with van der Waals surface area (Å²) in [6, 6.07) is 0.235. The Kier molecular flexibility index (Phi) is 2.12. The van der Waals surface area contributed by atoms with E-state index >= 15 is 0 Å². The topological polar surface area (TPSA) is 35.6 Å². The van der Waals surface area contributed by atoms with Crippen LogP contribution >= 0.6 is 0 Å². The second-order valence-electron chi connectivity index (χ2n) is 5.15.